The lowest BCUT2D eigenvalue weighted by atomic mass is 10.2. The number of piperazine rings is 1. The van der Waals surface area contributed by atoms with Crippen LogP contribution in [0.3, 0.4) is 0 Å². The van der Waals surface area contributed by atoms with Crippen molar-refractivity contribution < 1.29 is 19.2 Å². The normalized spacial score (nSPS) is 18.2. The van der Waals surface area contributed by atoms with Gasteiger partial charge >= 0.3 is 0 Å². The maximum absolute atomic E-state index is 12.6. The number of hydrogen-bond donors (Lipinski definition) is 1. The lowest BCUT2D eigenvalue weighted by Gasteiger charge is -2.32. The van der Waals surface area contributed by atoms with E-state index in [-0.39, 0.29) is 5.91 Å². The molecular formula is C25H30N3O3S+. The second-order valence-electron chi connectivity index (χ2n) is 7.78. The summed E-state index contributed by atoms with van der Waals surface area (Å²) in [6, 6.07) is 16.4. The summed E-state index contributed by atoms with van der Waals surface area (Å²) >= 11 is 1.47. The molecule has 32 heavy (non-hydrogen) atoms. The maximum atomic E-state index is 12.6. The van der Waals surface area contributed by atoms with Gasteiger partial charge in [-0.2, -0.15) is 4.99 Å². The second-order valence-corrected chi connectivity index (χ2v) is 8.79. The summed E-state index contributed by atoms with van der Waals surface area (Å²) in [5, 5.41) is 0.816. The Bertz CT molecular complexity index is 999. The summed E-state index contributed by atoms with van der Waals surface area (Å²) in [5.41, 5.74) is 2.27. The highest BCUT2D eigenvalue weighted by molar-refractivity contribution is 8.18. The van der Waals surface area contributed by atoms with Crippen molar-refractivity contribution in [1.82, 2.24) is 4.90 Å². The number of rotatable bonds is 7. The molecule has 1 saturated heterocycles. The van der Waals surface area contributed by atoms with Gasteiger partial charge in [0.1, 0.15) is 6.54 Å². The van der Waals surface area contributed by atoms with E-state index in [1.807, 2.05) is 38.1 Å². The van der Waals surface area contributed by atoms with Crippen molar-refractivity contribution in [3.63, 3.8) is 0 Å². The van der Waals surface area contributed by atoms with E-state index in [0.717, 1.165) is 49.2 Å². The van der Waals surface area contributed by atoms with Crippen LogP contribution in [-0.4, -0.2) is 55.4 Å². The Hall–Kier alpha value is -2.77. The molecule has 2 aliphatic heterocycles. The number of carbonyl (C=O) groups excluding carboxylic acids is 1. The molecule has 0 bridgehead atoms. The zero-order valence-corrected chi connectivity index (χ0v) is 19.5. The fourth-order valence-electron chi connectivity index (χ4n) is 3.92. The Morgan fingerprint density at radius 1 is 1.03 bits per heavy atom. The molecule has 2 aromatic rings. The van der Waals surface area contributed by atoms with Gasteiger partial charge in [-0.15, -0.1) is 0 Å². The average molecular weight is 453 g/mol. The SMILES string of the molecule is CCOc1ccc(/C=C2/SC(N3CC[NH+](Cc4ccccc4)CC3)=NC2=O)cc1OCC. The number of quaternary nitrogens is 1. The van der Waals surface area contributed by atoms with Crippen molar-refractivity contribution in [2.24, 2.45) is 4.99 Å². The molecule has 0 aromatic heterocycles. The Kier molecular flexibility index (Phi) is 7.50. The minimum Gasteiger partial charge on any atom is -0.490 e. The zero-order valence-electron chi connectivity index (χ0n) is 18.7. The third-order valence-corrected chi connectivity index (χ3v) is 6.56. The molecule has 168 valence electrons. The van der Waals surface area contributed by atoms with Crippen LogP contribution in [0.5, 0.6) is 11.5 Å². The zero-order chi connectivity index (χ0) is 22.3. The van der Waals surface area contributed by atoms with Crippen LogP contribution in [0.1, 0.15) is 25.0 Å². The van der Waals surface area contributed by atoms with Gasteiger partial charge in [0, 0.05) is 5.56 Å². The first-order valence-corrected chi connectivity index (χ1v) is 12.0. The standard InChI is InChI=1S/C25H29N3O3S/c1-3-30-21-11-10-20(16-22(21)31-4-2)17-23-24(29)26-25(32-23)28-14-12-27(13-15-28)18-19-8-6-5-7-9-19/h5-11,16-17H,3-4,12-15,18H2,1-2H3/p+1/b23-17+. The van der Waals surface area contributed by atoms with Gasteiger partial charge in [0.2, 0.25) is 0 Å². The highest BCUT2D eigenvalue weighted by Gasteiger charge is 2.29. The molecule has 0 atom stereocenters. The van der Waals surface area contributed by atoms with Crippen molar-refractivity contribution >= 4 is 28.9 Å². The summed E-state index contributed by atoms with van der Waals surface area (Å²) in [5.74, 6) is 1.24. The Morgan fingerprint density at radius 3 is 2.47 bits per heavy atom. The number of amidine groups is 1. The van der Waals surface area contributed by atoms with E-state index < -0.39 is 0 Å². The maximum Gasteiger partial charge on any atom is 0.286 e. The van der Waals surface area contributed by atoms with Crippen LogP contribution >= 0.6 is 11.8 Å². The molecule has 2 aromatic carbocycles. The van der Waals surface area contributed by atoms with Crippen LogP contribution in [0.25, 0.3) is 6.08 Å². The van der Waals surface area contributed by atoms with Crippen molar-refractivity contribution in [2.45, 2.75) is 20.4 Å². The minimum absolute atomic E-state index is 0.170. The fraction of sp³-hybridized carbons (Fsp3) is 0.360. The fourth-order valence-corrected chi connectivity index (χ4v) is 4.88. The van der Waals surface area contributed by atoms with Crippen molar-refractivity contribution in [3.05, 3.63) is 64.6 Å². The Labute approximate surface area is 193 Å². The quantitative estimate of drug-likeness (QED) is 0.655. The number of thioether (sulfide) groups is 1. The van der Waals surface area contributed by atoms with Crippen LogP contribution in [0.2, 0.25) is 0 Å². The summed E-state index contributed by atoms with van der Waals surface area (Å²) in [6.07, 6.45) is 1.89. The van der Waals surface area contributed by atoms with Crippen LogP contribution in [0.15, 0.2) is 58.4 Å². The second kappa shape index (κ2) is 10.7. The molecule has 0 spiro atoms. The average Bonchev–Trinajstić information content (AvgIpc) is 3.17. The predicted octanol–water partition coefficient (Wildman–Crippen LogP) is 2.86. The molecule has 2 aliphatic rings. The first-order chi connectivity index (χ1) is 15.7. The number of ether oxygens (including phenoxy) is 2. The topological polar surface area (TPSA) is 55.6 Å². The third kappa shape index (κ3) is 5.53. The molecule has 1 amide bonds. The van der Waals surface area contributed by atoms with Gasteiger partial charge < -0.3 is 19.3 Å². The molecule has 7 heteroatoms. The monoisotopic (exact) mass is 452 g/mol. The lowest BCUT2D eigenvalue weighted by Crippen LogP contribution is -3.13. The van der Waals surface area contributed by atoms with Crippen LogP contribution < -0.4 is 14.4 Å². The van der Waals surface area contributed by atoms with Crippen molar-refractivity contribution in [1.29, 1.82) is 0 Å². The third-order valence-electron chi connectivity index (χ3n) is 5.51. The van der Waals surface area contributed by atoms with Gasteiger partial charge in [-0.1, -0.05) is 36.4 Å². The molecule has 1 fully saturated rings. The number of nitrogens with one attached hydrogen (secondary N) is 1. The van der Waals surface area contributed by atoms with Gasteiger partial charge in [0.15, 0.2) is 16.7 Å². The van der Waals surface area contributed by atoms with Gasteiger partial charge in [-0.25, -0.2) is 0 Å². The number of amides is 1. The highest BCUT2D eigenvalue weighted by Crippen LogP contribution is 2.33. The predicted molar refractivity (Wildman–Crippen MR) is 129 cm³/mol. The van der Waals surface area contributed by atoms with Crippen LogP contribution in [0.4, 0.5) is 0 Å². The van der Waals surface area contributed by atoms with E-state index >= 15 is 0 Å². The molecule has 1 N–H and O–H groups in total. The highest BCUT2D eigenvalue weighted by atomic mass is 32.2. The molecule has 0 radical (unpaired) electrons. The summed E-state index contributed by atoms with van der Waals surface area (Å²) in [7, 11) is 0. The van der Waals surface area contributed by atoms with E-state index in [1.165, 1.54) is 17.3 Å². The van der Waals surface area contributed by atoms with Crippen molar-refractivity contribution in [2.75, 3.05) is 39.4 Å². The van der Waals surface area contributed by atoms with E-state index in [2.05, 4.69) is 40.2 Å². The minimum atomic E-state index is -0.170. The Balaban J connectivity index is 1.37. The van der Waals surface area contributed by atoms with E-state index in [9.17, 15) is 4.79 Å². The molecule has 0 aliphatic carbocycles. The molecule has 4 rings (SSSR count). The first-order valence-electron chi connectivity index (χ1n) is 11.2. The number of benzene rings is 2. The number of aliphatic imine (C=N–C) groups is 1. The smallest absolute Gasteiger partial charge is 0.286 e. The molecule has 6 nitrogen and oxygen atoms in total. The summed E-state index contributed by atoms with van der Waals surface area (Å²) in [6.45, 7) is 9.96. The number of carbonyl (C=O) groups is 1. The van der Waals surface area contributed by atoms with Crippen molar-refractivity contribution in [3.8, 4) is 11.5 Å². The number of hydrogen-bond acceptors (Lipinski definition) is 5. The Morgan fingerprint density at radius 2 is 1.75 bits per heavy atom. The largest absolute Gasteiger partial charge is 0.490 e. The van der Waals surface area contributed by atoms with Gasteiger partial charge in [0.05, 0.1) is 44.3 Å². The summed E-state index contributed by atoms with van der Waals surface area (Å²) < 4.78 is 11.3. The molecule has 2 heterocycles. The first kappa shape index (κ1) is 22.4. The van der Waals surface area contributed by atoms with E-state index in [1.54, 1.807) is 4.90 Å². The molecule has 0 saturated carbocycles. The van der Waals surface area contributed by atoms with E-state index in [0.29, 0.717) is 23.9 Å². The van der Waals surface area contributed by atoms with Gasteiger partial charge in [-0.05, 0) is 49.4 Å². The van der Waals surface area contributed by atoms with Crippen LogP contribution in [0, 0.1) is 0 Å². The molecular weight excluding hydrogens is 422 g/mol. The number of nitrogens with zero attached hydrogens (tertiary/aromatic N) is 2. The summed E-state index contributed by atoms with van der Waals surface area (Å²) in [4.78, 5) is 21.3. The van der Waals surface area contributed by atoms with Crippen LogP contribution in [-0.2, 0) is 11.3 Å². The van der Waals surface area contributed by atoms with Gasteiger partial charge in [-0.3, -0.25) is 4.79 Å². The van der Waals surface area contributed by atoms with E-state index in [4.69, 9.17) is 9.47 Å². The lowest BCUT2D eigenvalue weighted by molar-refractivity contribution is -0.917. The molecule has 0 unspecified atom stereocenters. The van der Waals surface area contributed by atoms with Gasteiger partial charge in [0.25, 0.3) is 5.91 Å².